The molecule has 9 heteroatoms. The number of fused-ring (bicyclic) bond motifs is 1. The van der Waals surface area contributed by atoms with Crippen LogP contribution in [-0.4, -0.2) is 41.9 Å². The van der Waals surface area contributed by atoms with Gasteiger partial charge in [0.25, 0.3) is 5.91 Å². The van der Waals surface area contributed by atoms with Gasteiger partial charge in [0.2, 0.25) is 0 Å². The molecule has 1 aliphatic heterocycles. The maximum Gasteiger partial charge on any atom is 0.310 e. The summed E-state index contributed by atoms with van der Waals surface area (Å²) in [6, 6.07) is 10.9. The van der Waals surface area contributed by atoms with E-state index in [9.17, 15) is 14.7 Å². The lowest BCUT2D eigenvalue weighted by Gasteiger charge is -2.42. The third-order valence-corrected chi connectivity index (χ3v) is 7.43. The van der Waals surface area contributed by atoms with Crippen molar-refractivity contribution in [1.82, 2.24) is 9.88 Å². The van der Waals surface area contributed by atoms with E-state index in [1.54, 1.807) is 23.7 Å². The summed E-state index contributed by atoms with van der Waals surface area (Å²) in [6.07, 6.45) is 0.554. The Hall–Kier alpha value is -2.74. The number of hydrogen-bond donors (Lipinski definition) is 2. The maximum atomic E-state index is 13.4. The van der Waals surface area contributed by atoms with Gasteiger partial charge in [-0.25, -0.2) is 0 Å². The van der Waals surface area contributed by atoms with Gasteiger partial charge >= 0.3 is 5.97 Å². The van der Waals surface area contributed by atoms with Crippen molar-refractivity contribution in [2.75, 3.05) is 20.3 Å². The summed E-state index contributed by atoms with van der Waals surface area (Å²) in [5.74, 6) is -1.02. The molecule has 1 aliphatic rings. The lowest BCUT2D eigenvalue weighted by Crippen LogP contribution is -2.59. The summed E-state index contributed by atoms with van der Waals surface area (Å²) in [4.78, 5) is 25.2. The third kappa shape index (κ3) is 4.60. The molecular weight excluding hydrogens is 491 g/mol. The summed E-state index contributed by atoms with van der Waals surface area (Å²) < 4.78 is 12.5. The van der Waals surface area contributed by atoms with Crippen LogP contribution in [0.3, 0.4) is 0 Å². The molecule has 4 rings (SSSR count). The van der Waals surface area contributed by atoms with E-state index in [0.717, 1.165) is 16.6 Å². The highest BCUT2D eigenvalue weighted by Gasteiger charge is 2.42. The number of carboxylic acid groups (broad SMARTS) is 1. The van der Waals surface area contributed by atoms with E-state index in [1.807, 2.05) is 38.1 Å². The standard InChI is InChI=1S/C26H28Cl2N2O5/c1-14(2)9-17(25(32)33)15-5-7-16(8-6-15)26(12-35-13-26)29-24(31)20-10-18-19(30(20)3)11-21(34-4)23(28)22(18)27/h5-8,10-11,14,17H,9,12-13H2,1-4H3,(H,29,31)(H,32,33). The largest absolute Gasteiger partial charge is 0.495 e. The SMILES string of the molecule is COc1cc2c(cc(C(=O)NC3(c4ccc(C(CC(C)C)C(=O)O)cc4)COC3)n2C)c(Cl)c1Cl. The second-order valence-electron chi connectivity index (χ2n) is 9.40. The number of carbonyl (C=O) groups excluding carboxylic acids is 1. The first-order chi connectivity index (χ1) is 16.6. The number of nitrogens with one attached hydrogen (secondary N) is 1. The highest BCUT2D eigenvalue weighted by molar-refractivity contribution is 6.46. The molecule has 0 aliphatic carbocycles. The molecule has 35 heavy (non-hydrogen) atoms. The maximum absolute atomic E-state index is 13.4. The van der Waals surface area contributed by atoms with Gasteiger partial charge < -0.3 is 24.5 Å². The number of aliphatic carboxylic acids is 1. The molecule has 1 atom stereocenters. The molecule has 2 aromatic carbocycles. The summed E-state index contributed by atoms with van der Waals surface area (Å²) in [5.41, 5.74) is 2.02. The van der Waals surface area contributed by atoms with Crippen LogP contribution in [0.15, 0.2) is 36.4 Å². The van der Waals surface area contributed by atoms with Crippen LogP contribution in [0, 0.1) is 5.92 Å². The first-order valence-electron chi connectivity index (χ1n) is 11.3. The molecule has 0 radical (unpaired) electrons. The number of nitrogens with zero attached hydrogens (tertiary/aromatic N) is 1. The fourth-order valence-corrected chi connectivity index (χ4v) is 5.01. The number of amides is 1. The van der Waals surface area contributed by atoms with E-state index in [2.05, 4.69) is 5.32 Å². The minimum atomic E-state index is -0.840. The Labute approximate surface area is 213 Å². The second kappa shape index (κ2) is 9.72. The summed E-state index contributed by atoms with van der Waals surface area (Å²) in [5, 5.41) is 14.0. The van der Waals surface area contributed by atoms with Crippen molar-refractivity contribution >= 4 is 46.0 Å². The molecule has 7 nitrogen and oxygen atoms in total. The molecule has 0 bridgehead atoms. The zero-order valence-corrected chi connectivity index (χ0v) is 21.5. The van der Waals surface area contributed by atoms with Crippen molar-refractivity contribution in [1.29, 1.82) is 0 Å². The molecule has 1 amide bonds. The molecule has 0 spiro atoms. The van der Waals surface area contributed by atoms with E-state index in [0.29, 0.717) is 46.5 Å². The number of ether oxygens (including phenoxy) is 2. The molecular formula is C26H28Cl2N2O5. The number of rotatable bonds is 8. The van der Waals surface area contributed by atoms with E-state index in [-0.39, 0.29) is 11.8 Å². The number of hydrogen-bond acceptors (Lipinski definition) is 4. The predicted molar refractivity (Wildman–Crippen MR) is 136 cm³/mol. The number of aromatic nitrogens is 1. The average molecular weight is 519 g/mol. The molecule has 2 heterocycles. The van der Waals surface area contributed by atoms with Crippen LogP contribution >= 0.6 is 23.2 Å². The molecule has 1 unspecified atom stereocenters. The molecule has 1 aromatic heterocycles. The van der Waals surface area contributed by atoms with Gasteiger partial charge in [0.05, 0.1) is 36.8 Å². The topological polar surface area (TPSA) is 89.8 Å². The minimum Gasteiger partial charge on any atom is -0.495 e. The minimum absolute atomic E-state index is 0.255. The van der Waals surface area contributed by atoms with E-state index < -0.39 is 17.4 Å². The molecule has 1 fully saturated rings. The normalized spacial score (nSPS) is 15.6. The highest BCUT2D eigenvalue weighted by Crippen LogP contribution is 2.40. The molecule has 0 saturated carbocycles. The van der Waals surface area contributed by atoms with Crippen LogP contribution in [0.4, 0.5) is 0 Å². The van der Waals surface area contributed by atoms with Crippen LogP contribution in [0.25, 0.3) is 10.9 Å². The van der Waals surface area contributed by atoms with E-state index >= 15 is 0 Å². The molecule has 2 N–H and O–H groups in total. The Balaban J connectivity index is 1.62. The van der Waals surface area contributed by atoms with Gasteiger partial charge in [-0.1, -0.05) is 61.3 Å². The van der Waals surface area contributed by atoms with Crippen molar-refractivity contribution in [2.24, 2.45) is 13.0 Å². The average Bonchev–Trinajstić information content (AvgIpc) is 3.13. The van der Waals surface area contributed by atoms with Gasteiger partial charge in [-0.05, 0) is 29.5 Å². The van der Waals surface area contributed by atoms with Crippen molar-refractivity contribution < 1.29 is 24.2 Å². The summed E-state index contributed by atoms with van der Waals surface area (Å²) in [6.45, 7) is 4.64. The Morgan fingerprint density at radius 3 is 2.34 bits per heavy atom. The van der Waals surface area contributed by atoms with Gasteiger partial charge in [-0.15, -0.1) is 0 Å². The lowest BCUT2D eigenvalue weighted by molar-refractivity contribution is -0.139. The fraction of sp³-hybridized carbons (Fsp3) is 0.385. The van der Waals surface area contributed by atoms with Crippen LogP contribution < -0.4 is 10.1 Å². The van der Waals surface area contributed by atoms with E-state index in [4.69, 9.17) is 32.7 Å². The second-order valence-corrected chi connectivity index (χ2v) is 10.2. The fourth-order valence-electron chi connectivity index (χ4n) is 4.53. The summed E-state index contributed by atoms with van der Waals surface area (Å²) in [7, 11) is 3.29. The Morgan fingerprint density at radius 2 is 1.83 bits per heavy atom. The monoisotopic (exact) mass is 518 g/mol. The van der Waals surface area contributed by atoms with Crippen LogP contribution in [0.5, 0.6) is 5.75 Å². The zero-order valence-electron chi connectivity index (χ0n) is 20.0. The van der Waals surface area contributed by atoms with Gasteiger partial charge in [0, 0.05) is 18.5 Å². The number of benzene rings is 2. The van der Waals surface area contributed by atoms with Gasteiger partial charge in [-0.3, -0.25) is 9.59 Å². The quantitative estimate of drug-likeness (QED) is 0.418. The van der Waals surface area contributed by atoms with Gasteiger partial charge in [0.1, 0.15) is 22.0 Å². The van der Waals surface area contributed by atoms with Crippen LogP contribution in [0.1, 0.15) is 47.8 Å². The Morgan fingerprint density at radius 1 is 1.17 bits per heavy atom. The number of halogens is 2. The summed E-state index contributed by atoms with van der Waals surface area (Å²) >= 11 is 12.7. The van der Waals surface area contributed by atoms with Gasteiger partial charge in [-0.2, -0.15) is 0 Å². The van der Waals surface area contributed by atoms with Crippen molar-refractivity contribution in [3.05, 3.63) is 63.3 Å². The van der Waals surface area contributed by atoms with Crippen molar-refractivity contribution in [3.63, 3.8) is 0 Å². The predicted octanol–water partition coefficient (Wildman–Crippen LogP) is 5.36. The zero-order chi connectivity index (χ0) is 25.5. The number of methoxy groups -OCH3 is 1. The third-order valence-electron chi connectivity index (χ3n) is 6.57. The smallest absolute Gasteiger partial charge is 0.310 e. The van der Waals surface area contributed by atoms with Crippen molar-refractivity contribution in [3.8, 4) is 5.75 Å². The first kappa shape index (κ1) is 25.4. The molecule has 1 saturated heterocycles. The molecule has 186 valence electrons. The molecule has 3 aromatic rings. The first-order valence-corrected chi connectivity index (χ1v) is 12.1. The Kier molecular flexibility index (Phi) is 7.04. The number of carboxylic acids is 1. The van der Waals surface area contributed by atoms with Crippen LogP contribution in [0.2, 0.25) is 10.0 Å². The van der Waals surface area contributed by atoms with Crippen molar-refractivity contribution in [2.45, 2.75) is 31.7 Å². The Bertz CT molecular complexity index is 1280. The van der Waals surface area contributed by atoms with Gasteiger partial charge in [0.15, 0.2) is 0 Å². The van der Waals surface area contributed by atoms with Crippen LogP contribution in [-0.2, 0) is 22.1 Å². The van der Waals surface area contributed by atoms with E-state index in [1.165, 1.54) is 7.11 Å². The number of aryl methyl sites for hydroxylation is 1. The lowest BCUT2D eigenvalue weighted by atomic mass is 9.84. The number of carbonyl (C=O) groups is 2. The highest BCUT2D eigenvalue weighted by atomic mass is 35.5.